The lowest BCUT2D eigenvalue weighted by molar-refractivity contribution is -0.118. The zero-order chi connectivity index (χ0) is 23.2. The lowest BCUT2D eigenvalue weighted by Gasteiger charge is -2.34. The molecule has 0 saturated carbocycles. The van der Waals surface area contributed by atoms with Crippen molar-refractivity contribution in [3.63, 3.8) is 0 Å². The number of carbonyl (C=O) groups is 2. The standard InChI is InChI=1S/C19H20ClN7O5/c1-23-16(29)14-15(26(18(23)30)10-13(21)28)22-17(24-6-8-25(9-7-24)19(31)32)27(14)12-5-3-2-4-11(12)20/h2-5H,6-10H2,1H3,(H2,21,28)(H,31,32). The van der Waals surface area contributed by atoms with Crippen molar-refractivity contribution in [1.29, 1.82) is 0 Å². The molecule has 4 rings (SSSR count). The van der Waals surface area contributed by atoms with Crippen molar-refractivity contribution in [2.75, 3.05) is 31.1 Å². The molecule has 1 aromatic carbocycles. The number of primary amides is 1. The summed E-state index contributed by atoms with van der Waals surface area (Å²) in [6.45, 7) is 0.608. The van der Waals surface area contributed by atoms with Gasteiger partial charge in [-0.3, -0.25) is 23.3 Å². The van der Waals surface area contributed by atoms with Gasteiger partial charge in [-0.1, -0.05) is 23.7 Å². The monoisotopic (exact) mass is 461 g/mol. The number of amides is 2. The number of imidazole rings is 1. The van der Waals surface area contributed by atoms with Gasteiger partial charge in [0.2, 0.25) is 11.9 Å². The number of nitrogens with two attached hydrogens (primary N) is 1. The lowest BCUT2D eigenvalue weighted by atomic mass is 10.3. The molecular weight excluding hydrogens is 442 g/mol. The van der Waals surface area contributed by atoms with Gasteiger partial charge in [0.1, 0.15) is 6.54 Å². The molecule has 1 fully saturated rings. The van der Waals surface area contributed by atoms with Gasteiger partial charge in [0.05, 0.1) is 10.7 Å². The van der Waals surface area contributed by atoms with Gasteiger partial charge < -0.3 is 20.6 Å². The van der Waals surface area contributed by atoms with Crippen molar-refractivity contribution in [3.8, 4) is 5.69 Å². The van der Waals surface area contributed by atoms with E-state index in [2.05, 4.69) is 4.98 Å². The van der Waals surface area contributed by atoms with Crippen molar-refractivity contribution >= 4 is 40.7 Å². The first-order valence-corrected chi connectivity index (χ1v) is 10.1. The Kier molecular flexibility index (Phi) is 5.38. The molecule has 0 spiro atoms. The Labute approximate surface area is 185 Å². The molecule has 0 bridgehead atoms. The van der Waals surface area contributed by atoms with Crippen LogP contribution in [0.15, 0.2) is 33.9 Å². The molecule has 3 N–H and O–H groups in total. The van der Waals surface area contributed by atoms with Crippen molar-refractivity contribution in [2.24, 2.45) is 12.8 Å². The van der Waals surface area contributed by atoms with E-state index in [0.29, 0.717) is 29.7 Å². The molecule has 3 heterocycles. The van der Waals surface area contributed by atoms with Gasteiger partial charge in [-0.2, -0.15) is 4.98 Å². The fourth-order valence-electron chi connectivity index (χ4n) is 3.76. The molecule has 32 heavy (non-hydrogen) atoms. The molecule has 0 radical (unpaired) electrons. The number of carbonyl (C=O) groups excluding carboxylic acids is 1. The van der Waals surface area contributed by atoms with Crippen LogP contribution in [-0.4, -0.2) is 66.9 Å². The Balaban J connectivity index is 2.02. The number of piperazine rings is 1. The number of para-hydroxylation sites is 1. The third kappa shape index (κ3) is 3.47. The molecule has 0 unspecified atom stereocenters. The number of aromatic nitrogens is 4. The number of carboxylic acid groups (broad SMARTS) is 1. The fourth-order valence-corrected chi connectivity index (χ4v) is 3.98. The van der Waals surface area contributed by atoms with Gasteiger partial charge in [-0.05, 0) is 12.1 Å². The molecule has 2 amide bonds. The minimum absolute atomic E-state index is 0.00696. The normalized spacial score (nSPS) is 14.2. The molecular formula is C19H20ClN7O5. The SMILES string of the molecule is Cn1c(=O)c2c(nc(N3CCN(C(=O)O)CC3)n2-c2ccccc2Cl)n(CC(N)=O)c1=O. The van der Waals surface area contributed by atoms with Crippen molar-refractivity contribution in [2.45, 2.75) is 6.54 Å². The van der Waals surface area contributed by atoms with Gasteiger partial charge in [0.15, 0.2) is 11.2 Å². The molecule has 3 aromatic rings. The number of halogens is 1. The molecule has 2 aromatic heterocycles. The van der Waals surface area contributed by atoms with Gasteiger partial charge in [0, 0.05) is 33.2 Å². The predicted molar refractivity (Wildman–Crippen MR) is 117 cm³/mol. The number of nitrogens with zero attached hydrogens (tertiary/aromatic N) is 6. The summed E-state index contributed by atoms with van der Waals surface area (Å²) >= 11 is 6.43. The van der Waals surface area contributed by atoms with Gasteiger partial charge >= 0.3 is 11.8 Å². The number of fused-ring (bicyclic) bond motifs is 1. The highest BCUT2D eigenvalue weighted by Gasteiger charge is 2.29. The quantitative estimate of drug-likeness (QED) is 0.547. The van der Waals surface area contributed by atoms with Crippen LogP contribution < -0.4 is 21.9 Å². The Bertz CT molecular complexity index is 1350. The highest BCUT2D eigenvalue weighted by atomic mass is 35.5. The Morgan fingerprint density at radius 3 is 2.41 bits per heavy atom. The third-order valence-electron chi connectivity index (χ3n) is 5.36. The van der Waals surface area contributed by atoms with E-state index in [1.54, 1.807) is 29.2 Å². The number of anilines is 1. The van der Waals surface area contributed by atoms with Crippen LogP contribution in [0.2, 0.25) is 5.02 Å². The van der Waals surface area contributed by atoms with E-state index in [1.165, 1.54) is 16.5 Å². The second-order valence-electron chi connectivity index (χ2n) is 7.33. The predicted octanol–water partition coefficient (Wildman–Crippen LogP) is -0.175. The van der Waals surface area contributed by atoms with Crippen LogP contribution in [0.5, 0.6) is 0 Å². The minimum atomic E-state index is -1.02. The van der Waals surface area contributed by atoms with E-state index < -0.39 is 29.8 Å². The number of rotatable bonds is 4. The Morgan fingerprint density at radius 1 is 1.16 bits per heavy atom. The summed E-state index contributed by atoms with van der Waals surface area (Å²) in [7, 11) is 1.30. The molecule has 168 valence electrons. The van der Waals surface area contributed by atoms with Crippen LogP contribution in [0.4, 0.5) is 10.7 Å². The van der Waals surface area contributed by atoms with Crippen LogP contribution in [0.25, 0.3) is 16.9 Å². The molecule has 13 heteroatoms. The van der Waals surface area contributed by atoms with E-state index in [1.807, 2.05) is 0 Å². The van der Waals surface area contributed by atoms with Gasteiger partial charge in [-0.15, -0.1) is 0 Å². The molecule has 0 aliphatic carbocycles. The van der Waals surface area contributed by atoms with Crippen LogP contribution in [-0.2, 0) is 18.4 Å². The first kappa shape index (κ1) is 21.4. The highest BCUT2D eigenvalue weighted by molar-refractivity contribution is 6.32. The first-order valence-electron chi connectivity index (χ1n) is 9.69. The number of hydrogen-bond acceptors (Lipinski definition) is 6. The molecule has 0 atom stereocenters. The maximum absolute atomic E-state index is 13.2. The van der Waals surface area contributed by atoms with Crippen LogP contribution in [0.1, 0.15) is 0 Å². The van der Waals surface area contributed by atoms with Gasteiger partial charge in [-0.25, -0.2) is 9.59 Å². The zero-order valence-corrected chi connectivity index (χ0v) is 17.8. The van der Waals surface area contributed by atoms with E-state index >= 15 is 0 Å². The fraction of sp³-hybridized carbons (Fsp3) is 0.316. The van der Waals surface area contributed by atoms with Crippen LogP contribution in [0.3, 0.4) is 0 Å². The molecule has 1 aliphatic rings. The summed E-state index contributed by atoms with van der Waals surface area (Å²) in [5, 5.41) is 9.58. The van der Waals surface area contributed by atoms with Crippen LogP contribution >= 0.6 is 11.6 Å². The summed E-state index contributed by atoms with van der Waals surface area (Å²) in [6, 6.07) is 6.82. The maximum atomic E-state index is 13.2. The van der Waals surface area contributed by atoms with Crippen LogP contribution in [0, 0.1) is 0 Å². The number of benzene rings is 1. The lowest BCUT2D eigenvalue weighted by Crippen LogP contribution is -2.49. The van der Waals surface area contributed by atoms with Crippen molar-refractivity contribution in [3.05, 3.63) is 50.1 Å². The van der Waals surface area contributed by atoms with Crippen molar-refractivity contribution < 1.29 is 14.7 Å². The average Bonchev–Trinajstić information content (AvgIpc) is 3.15. The molecule has 1 aliphatic heterocycles. The summed E-state index contributed by atoms with van der Waals surface area (Å²) < 4.78 is 3.46. The summed E-state index contributed by atoms with van der Waals surface area (Å²) in [6.07, 6.45) is -1.02. The topological polar surface area (TPSA) is 149 Å². The summed E-state index contributed by atoms with van der Waals surface area (Å²) in [5.41, 5.74) is 4.48. The molecule has 12 nitrogen and oxygen atoms in total. The first-order chi connectivity index (χ1) is 15.2. The van der Waals surface area contributed by atoms with E-state index in [4.69, 9.17) is 17.3 Å². The number of hydrogen-bond donors (Lipinski definition) is 2. The largest absolute Gasteiger partial charge is 0.465 e. The smallest absolute Gasteiger partial charge is 0.407 e. The second kappa shape index (κ2) is 8.04. The Morgan fingerprint density at radius 2 is 1.81 bits per heavy atom. The summed E-state index contributed by atoms with van der Waals surface area (Å²) in [4.78, 5) is 56.4. The second-order valence-corrected chi connectivity index (χ2v) is 7.73. The van der Waals surface area contributed by atoms with Gasteiger partial charge in [0.25, 0.3) is 5.56 Å². The highest BCUT2D eigenvalue weighted by Crippen LogP contribution is 2.29. The maximum Gasteiger partial charge on any atom is 0.407 e. The van der Waals surface area contributed by atoms with E-state index in [0.717, 1.165) is 9.13 Å². The van der Waals surface area contributed by atoms with E-state index in [9.17, 15) is 24.3 Å². The van der Waals surface area contributed by atoms with Crippen molar-refractivity contribution in [1.82, 2.24) is 23.6 Å². The third-order valence-corrected chi connectivity index (χ3v) is 5.68. The molecule has 1 saturated heterocycles. The average molecular weight is 462 g/mol. The summed E-state index contributed by atoms with van der Waals surface area (Å²) in [5.74, 6) is -0.463. The Hall–Kier alpha value is -3.80. The zero-order valence-electron chi connectivity index (χ0n) is 17.1. The van der Waals surface area contributed by atoms with E-state index in [-0.39, 0.29) is 24.3 Å². The minimum Gasteiger partial charge on any atom is -0.465 e.